The van der Waals surface area contributed by atoms with Crippen molar-refractivity contribution in [2.24, 2.45) is 0 Å². The largest absolute Gasteiger partial charge is 0.494 e. The van der Waals surface area contributed by atoms with Gasteiger partial charge < -0.3 is 9.84 Å². The number of benzene rings is 2. The van der Waals surface area contributed by atoms with Crippen LogP contribution in [-0.4, -0.2) is 11.7 Å². The molecule has 2 aromatic carbocycles. The molecule has 0 saturated heterocycles. The molecule has 0 atom stereocenters. The Labute approximate surface area is 110 Å². The first-order chi connectivity index (χ1) is 9.15. The zero-order valence-electron chi connectivity index (χ0n) is 10.5. The van der Waals surface area contributed by atoms with Crippen LogP contribution in [0.2, 0.25) is 0 Å². The van der Waals surface area contributed by atoms with E-state index in [1.54, 1.807) is 24.3 Å². The zero-order chi connectivity index (χ0) is 13.8. The topological polar surface area (TPSA) is 29.5 Å². The summed E-state index contributed by atoms with van der Waals surface area (Å²) in [6, 6.07) is 8.87. The monoisotopic (exact) mass is 264 g/mol. The van der Waals surface area contributed by atoms with Crippen molar-refractivity contribution in [1.29, 1.82) is 0 Å². The Morgan fingerprint density at radius 3 is 2.37 bits per heavy atom. The van der Waals surface area contributed by atoms with Gasteiger partial charge in [-0.25, -0.2) is 8.78 Å². The molecule has 0 aliphatic heterocycles. The fraction of sp³-hybridized carbons (Fsp3) is 0.200. The summed E-state index contributed by atoms with van der Waals surface area (Å²) >= 11 is 0. The third kappa shape index (κ3) is 2.90. The van der Waals surface area contributed by atoms with Crippen molar-refractivity contribution in [3.8, 4) is 16.9 Å². The first kappa shape index (κ1) is 13.5. The van der Waals surface area contributed by atoms with E-state index in [0.29, 0.717) is 17.9 Å². The highest BCUT2D eigenvalue weighted by Crippen LogP contribution is 2.29. The predicted octanol–water partition coefficient (Wildman–Crippen LogP) is 3.52. The zero-order valence-corrected chi connectivity index (χ0v) is 10.5. The molecule has 2 aromatic rings. The summed E-state index contributed by atoms with van der Waals surface area (Å²) in [5.41, 5.74) is 0.504. The lowest BCUT2D eigenvalue weighted by Crippen LogP contribution is -1.96. The number of halogens is 2. The van der Waals surface area contributed by atoms with Crippen LogP contribution in [0.3, 0.4) is 0 Å². The molecule has 0 fully saturated rings. The Balaban J connectivity index is 2.49. The van der Waals surface area contributed by atoms with Gasteiger partial charge in [0.1, 0.15) is 17.4 Å². The van der Waals surface area contributed by atoms with Crippen molar-refractivity contribution in [3.05, 3.63) is 53.6 Å². The minimum absolute atomic E-state index is 0.112. The van der Waals surface area contributed by atoms with Crippen LogP contribution in [0, 0.1) is 11.6 Å². The van der Waals surface area contributed by atoms with Gasteiger partial charge >= 0.3 is 0 Å². The quantitative estimate of drug-likeness (QED) is 0.915. The van der Waals surface area contributed by atoms with E-state index >= 15 is 0 Å². The smallest absolute Gasteiger partial charge is 0.134 e. The molecule has 2 nitrogen and oxygen atoms in total. The standard InChI is InChI=1S/C15H14F2O2/c1-2-19-12-5-3-4-11(8-12)15-13(16)6-10(9-18)7-14(15)17/h3-8,18H,2,9H2,1H3. The molecule has 0 aliphatic carbocycles. The van der Waals surface area contributed by atoms with Crippen LogP contribution in [-0.2, 0) is 6.61 Å². The van der Waals surface area contributed by atoms with Crippen LogP contribution in [0.4, 0.5) is 8.78 Å². The highest BCUT2D eigenvalue weighted by atomic mass is 19.1. The van der Waals surface area contributed by atoms with E-state index in [0.717, 1.165) is 12.1 Å². The minimum atomic E-state index is -0.697. The van der Waals surface area contributed by atoms with Gasteiger partial charge in [0, 0.05) is 0 Å². The average Bonchev–Trinajstić information content (AvgIpc) is 2.38. The number of rotatable bonds is 4. The number of ether oxygens (including phenoxy) is 1. The van der Waals surface area contributed by atoms with Gasteiger partial charge in [0.05, 0.1) is 18.8 Å². The van der Waals surface area contributed by atoms with Gasteiger partial charge in [-0.3, -0.25) is 0 Å². The minimum Gasteiger partial charge on any atom is -0.494 e. The Hall–Kier alpha value is -1.94. The number of aliphatic hydroxyl groups is 1. The van der Waals surface area contributed by atoms with Crippen molar-refractivity contribution in [2.75, 3.05) is 6.61 Å². The van der Waals surface area contributed by atoms with Gasteiger partial charge in [0.2, 0.25) is 0 Å². The second kappa shape index (κ2) is 5.80. The SMILES string of the molecule is CCOc1cccc(-c2c(F)cc(CO)cc2F)c1. The maximum absolute atomic E-state index is 13.9. The van der Waals surface area contributed by atoms with Crippen molar-refractivity contribution in [3.63, 3.8) is 0 Å². The molecule has 0 heterocycles. The van der Waals surface area contributed by atoms with Gasteiger partial charge in [0.25, 0.3) is 0 Å². The summed E-state index contributed by atoms with van der Waals surface area (Å²) in [7, 11) is 0. The van der Waals surface area contributed by atoms with E-state index in [4.69, 9.17) is 9.84 Å². The molecule has 4 heteroatoms. The van der Waals surface area contributed by atoms with E-state index in [-0.39, 0.29) is 11.1 Å². The van der Waals surface area contributed by atoms with Crippen molar-refractivity contribution < 1.29 is 18.6 Å². The molecule has 0 unspecified atom stereocenters. The van der Waals surface area contributed by atoms with Gasteiger partial charge in [-0.1, -0.05) is 12.1 Å². The van der Waals surface area contributed by atoms with Crippen LogP contribution in [0.5, 0.6) is 5.75 Å². The number of aliphatic hydroxyl groups excluding tert-OH is 1. The van der Waals surface area contributed by atoms with E-state index in [1.165, 1.54) is 0 Å². The molecule has 0 radical (unpaired) electrons. The lowest BCUT2D eigenvalue weighted by Gasteiger charge is -2.09. The number of hydrogen-bond acceptors (Lipinski definition) is 2. The summed E-state index contributed by atoms with van der Waals surface area (Å²) in [6.07, 6.45) is 0. The molecule has 0 amide bonds. The van der Waals surface area contributed by atoms with Gasteiger partial charge in [-0.05, 0) is 42.3 Å². The summed E-state index contributed by atoms with van der Waals surface area (Å²) in [5, 5.41) is 8.91. The van der Waals surface area contributed by atoms with Crippen molar-refractivity contribution in [1.82, 2.24) is 0 Å². The molecular formula is C15H14F2O2. The van der Waals surface area contributed by atoms with Crippen molar-refractivity contribution >= 4 is 0 Å². The first-order valence-corrected chi connectivity index (χ1v) is 5.97. The molecule has 0 bridgehead atoms. The second-order valence-electron chi connectivity index (χ2n) is 4.05. The molecule has 0 saturated carbocycles. The Kier molecular flexibility index (Phi) is 4.12. The molecule has 2 rings (SSSR count). The molecule has 100 valence electrons. The average molecular weight is 264 g/mol. The molecular weight excluding hydrogens is 250 g/mol. The Morgan fingerprint density at radius 2 is 1.79 bits per heavy atom. The van der Waals surface area contributed by atoms with Crippen molar-refractivity contribution in [2.45, 2.75) is 13.5 Å². The van der Waals surface area contributed by atoms with E-state index in [2.05, 4.69) is 0 Å². The summed E-state index contributed by atoms with van der Waals surface area (Å²) in [4.78, 5) is 0. The maximum atomic E-state index is 13.9. The third-order valence-corrected chi connectivity index (χ3v) is 2.72. The van der Waals surface area contributed by atoms with Gasteiger partial charge in [-0.2, -0.15) is 0 Å². The molecule has 0 spiro atoms. The van der Waals surface area contributed by atoms with Gasteiger partial charge in [-0.15, -0.1) is 0 Å². The third-order valence-electron chi connectivity index (χ3n) is 2.72. The van der Waals surface area contributed by atoms with Gasteiger partial charge in [0.15, 0.2) is 0 Å². The molecule has 1 N–H and O–H groups in total. The molecule has 0 aromatic heterocycles. The fourth-order valence-electron chi connectivity index (χ4n) is 1.90. The highest BCUT2D eigenvalue weighted by Gasteiger charge is 2.13. The summed E-state index contributed by atoms with van der Waals surface area (Å²) in [5.74, 6) is -0.833. The van der Waals surface area contributed by atoms with E-state index < -0.39 is 18.2 Å². The fourth-order valence-corrected chi connectivity index (χ4v) is 1.90. The van der Waals surface area contributed by atoms with Crippen LogP contribution < -0.4 is 4.74 Å². The highest BCUT2D eigenvalue weighted by molar-refractivity contribution is 5.66. The lowest BCUT2D eigenvalue weighted by molar-refractivity contribution is 0.280. The lowest BCUT2D eigenvalue weighted by atomic mass is 10.0. The molecule has 0 aliphatic rings. The van der Waals surface area contributed by atoms with E-state index in [1.807, 2.05) is 6.92 Å². The first-order valence-electron chi connectivity index (χ1n) is 5.97. The molecule has 19 heavy (non-hydrogen) atoms. The van der Waals surface area contributed by atoms with E-state index in [9.17, 15) is 8.78 Å². The Bertz CT molecular complexity index is 559. The predicted molar refractivity (Wildman–Crippen MR) is 68.9 cm³/mol. The summed E-state index contributed by atoms with van der Waals surface area (Å²) < 4.78 is 33.1. The van der Waals surface area contributed by atoms with Crippen LogP contribution in [0.15, 0.2) is 36.4 Å². The number of hydrogen-bond donors (Lipinski definition) is 1. The second-order valence-corrected chi connectivity index (χ2v) is 4.05. The summed E-state index contributed by atoms with van der Waals surface area (Å²) in [6.45, 7) is 1.93. The van der Waals surface area contributed by atoms with Crippen LogP contribution in [0.1, 0.15) is 12.5 Å². The maximum Gasteiger partial charge on any atom is 0.134 e. The normalized spacial score (nSPS) is 10.5. The van der Waals surface area contributed by atoms with Crippen LogP contribution in [0.25, 0.3) is 11.1 Å². The Morgan fingerprint density at radius 1 is 1.11 bits per heavy atom. The van der Waals surface area contributed by atoms with Crippen LogP contribution >= 0.6 is 0 Å².